The van der Waals surface area contributed by atoms with Crippen LogP contribution in [0.5, 0.6) is 0 Å². The Kier molecular flexibility index (Phi) is 4.49. The van der Waals surface area contributed by atoms with E-state index in [0.29, 0.717) is 11.3 Å². The molecule has 1 fully saturated rings. The maximum Gasteiger partial charge on any atom is 0.255 e. The lowest BCUT2D eigenvalue weighted by Gasteiger charge is -2.14. The van der Waals surface area contributed by atoms with Gasteiger partial charge in [-0.2, -0.15) is 0 Å². The van der Waals surface area contributed by atoms with Crippen LogP contribution in [-0.2, 0) is 9.59 Å². The van der Waals surface area contributed by atoms with E-state index in [9.17, 15) is 14.4 Å². The highest BCUT2D eigenvalue weighted by Gasteiger charge is 2.30. The summed E-state index contributed by atoms with van der Waals surface area (Å²) in [6.07, 6.45) is 0.480. The first kappa shape index (κ1) is 16.4. The van der Waals surface area contributed by atoms with Crippen molar-refractivity contribution in [1.82, 2.24) is 0 Å². The predicted molar refractivity (Wildman–Crippen MR) is 95.0 cm³/mol. The lowest BCUT2D eigenvalue weighted by Crippen LogP contribution is -2.28. The predicted octanol–water partition coefficient (Wildman–Crippen LogP) is 3.66. The first-order chi connectivity index (χ1) is 11.5. The largest absolute Gasteiger partial charge is 0.322 e. The van der Waals surface area contributed by atoms with E-state index in [1.54, 1.807) is 24.3 Å². The Balaban J connectivity index is 1.76. The van der Waals surface area contributed by atoms with Gasteiger partial charge in [-0.1, -0.05) is 15.9 Å². The first-order valence-corrected chi connectivity index (χ1v) is 8.28. The Morgan fingerprint density at radius 1 is 1.04 bits per heavy atom. The van der Waals surface area contributed by atoms with Crippen LogP contribution in [-0.4, -0.2) is 17.7 Å². The van der Waals surface area contributed by atoms with E-state index in [0.717, 1.165) is 15.7 Å². The number of rotatable bonds is 3. The molecule has 0 atom stereocenters. The van der Waals surface area contributed by atoms with Crippen LogP contribution in [0.25, 0.3) is 0 Å². The highest BCUT2D eigenvalue weighted by atomic mass is 79.9. The molecular formula is C18H15BrN2O3. The Labute approximate surface area is 147 Å². The van der Waals surface area contributed by atoms with Gasteiger partial charge < -0.3 is 5.32 Å². The van der Waals surface area contributed by atoms with Gasteiger partial charge in [0.15, 0.2) is 0 Å². The second-order valence-corrected chi connectivity index (χ2v) is 6.50. The Morgan fingerprint density at radius 2 is 1.67 bits per heavy atom. The molecule has 1 saturated heterocycles. The molecule has 2 aromatic carbocycles. The number of carbonyl (C=O) groups is 3. The molecule has 0 unspecified atom stereocenters. The zero-order chi connectivity index (χ0) is 17.3. The molecule has 2 aromatic rings. The van der Waals surface area contributed by atoms with Crippen LogP contribution in [0.1, 0.15) is 28.8 Å². The number of carbonyl (C=O) groups excluding carboxylic acids is 3. The number of nitrogens with zero attached hydrogens (tertiary/aromatic N) is 1. The molecule has 0 aliphatic carbocycles. The molecular weight excluding hydrogens is 372 g/mol. The van der Waals surface area contributed by atoms with Crippen LogP contribution >= 0.6 is 15.9 Å². The molecule has 0 saturated carbocycles. The number of nitrogens with one attached hydrogen (secondary N) is 1. The molecule has 0 radical (unpaired) electrons. The third-order valence-electron chi connectivity index (χ3n) is 3.88. The highest BCUT2D eigenvalue weighted by molar-refractivity contribution is 9.10. The van der Waals surface area contributed by atoms with Crippen molar-refractivity contribution in [3.8, 4) is 0 Å². The summed E-state index contributed by atoms with van der Waals surface area (Å²) in [6, 6.07) is 12.1. The fourth-order valence-electron chi connectivity index (χ4n) is 2.59. The summed E-state index contributed by atoms with van der Waals surface area (Å²) in [7, 11) is 0. The van der Waals surface area contributed by atoms with Crippen LogP contribution in [0.15, 0.2) is 46.9 Å². The van der Waals surface area contributed by atoms with Crippen LogP contribution < -0.4 is 10.2 Å². The van der Waals surface area contributed by atoms with Gasteiger partial charge in [-0.3, -0.25) is 19.3 Å². The average molecular weight is 387 g/mol. The number of halogens is 1. The number of imide groups is 1. The van der Waals surface area contributed by atoms with Crippen molar-refractivity contribution in [3.63, 3.8) is 0 Å². The van der Waals surface area contributed by atoms with Crippen LogP contribution in [0, 0.1) is 6.92 Å². The topological polar surface area (TPSA) is 66.5 Å². The van der Waals surface area contributed by atoms with Crippen LogP contribution in [0.3, 0.4) is 0 Å². The molecule has 1 N–H and O–H groups in total. The van der Waals surface area contributed by atoms with Gasteiger partial charge in [-0.05, 0) is 55.0 Å². The third-order valence-corrected chi connectivity index (χ3v) is 4.37. The summed E-state index contributed by atoms with van der Waals surface area (Å²) in [5.74, 6) is -0.656. The Bertz CT molecular complexity index is 815. The summed E-state index contributed by atoms with van der Waals surface area (Å²) in [5.41, 5.74) is 2.64. The van der Waals surface area contributed by atoms with E-state index in [2.05, 4.69) is 21.2 Å². The third kappa shape index (κ3) is 3.23. The van der Waals surface area contributed by atoms with E-state index in [1.807, 2.05) is 25.1 Å². The fraction of sp³-hybridized carbons (Fsp3) is 0.167. The van der Waals surface area contributed by atoms with Gasteiger partial charge in [0, 0.05) is 28.6 Å². The molecule has 1 aliphatic heterocycles. The monoisotopic (exact) mass is 386 g/mol. The quantitative estimate of drug-likeness (QED) is 0.818. The summed E-state index contributed by atoms with van der Waals surface area (Å²) in [6.45, 7) is 1.91. The van der Waals surface area contributed by atoms with E-state index in [1.165, 1.54) is 4.90 Å². The van der Waals surface area contributed by atoms with Crippen molar-refractivity contribution < 1.29 is 14.4 Å². The van der Waals surface area contributed by atoms with Gasteiger partial charge in [0.05, 0.1) is 5.69 Å². The van der Waals surface area contributed by atoms with E-state index in [-0.39, 0.29) is 30.6 Å². The van der Waals surface area contributed by atoms with Crippen molar-refractivity contribution in [2.24, 2.45) is 0 Å². The van der Waals surface area contributed by atoms with Gasteiger partial charge >= 0.3 is 0 Å². The van der Waals surface area contributed by atoms with E-state index >= 15 is 0 Å². The van der Waals surface area contributed by atoms with Crippen molar-refractivity contribution in [2.75, 3.05) is 10.2 Å². The zero-order valence-electron chi connectivity index (χ0n) is 13.0. The Morgan fingerprint density at radius 3 is 2.25 bits per heavy atom. The molecule has 6 heteroatoms. The molecule has 0 bridgehead atoms. The molecule has 5 nitrogen and oxygen atoms in total. The number of hydrogen-bond acceptors (Lipinski definition) is 3. The minimum Gasteiger partial charge on any atom is -0.322 e. The standard InChI is InChI=1S/C18H15BrN2O3/c1-11-10-13(19)4-7-15(11)20-18(24)12-2-5-14(6-3-12)21-16(22)8-9-17(21)23/h2-7,10H,8-9H2,1H3,(H,20,24). The van der Waals surface area contributed by atoms with Crippen molar-refractivity contribution in [2.45, 2.75) is 19.8 Å². The molecule has 1 aliphatic rings. The minimum atomic E-state index is -0.244. The maximum absolute atomic E-state index is 12.3. The SMILES string of the molecule is Cc1cc(Br)ccc1NC(=O)c1ccc(N2C(=O)CCC2=O)cc1. The lowest BCUT2D eigenvalue weighted by molar-refractivity contribution is -0.121. The minimum absolute atomic E-state index is 0.206. The Hall–Kier alpha value is -2.47. The molecule has 24 heavy (non-hydrogen) atoms. The van der Waals surface area contributed by atoms with Gasteiger partial charge in [0.1, 0.15) is 0 Å². The molecule has 122 valence electrons. The number of benzene rings is 2. The van der Waals surface area contributed by atoms with Gasteiger partial charge in [-0.25, -0.2) is 0 Å². The number of hydrogen-bond donors (Lipinski definition) is 1. The maximum atomic E-state index is 12.3. The average Bonchev–Trinajstić information content (AvgIpc) is 2.89. The van der Waals surface area contributed by atoms with Crippen LogP contribution in [0.4, 0.5) is 11.4 Å². The van der Waals surface area contributed by atoms with E-state index in [4.69, 9.17) is 0 Å². The zero-order valence-corrected chi connectivity index (χ0v) is 14.6. The van der Waals surface area contributed by atoms with Crippen molar-refractivity contribution in [3.05, 3.63) is 58.1 Å². The smallest absolute Gasteiger partial charge is 0.255 e. The molecule has 1 heterocycles. The lowest BCUT2D eigenvalue weighted by atomic mass is 10.1. The molecule has 3 rings (SSSR count). The number of aryl methyl sites for hydroxylation is 1. The highest BCUT2D eigenvalue weighted by Crippen LogP contribution is 2.24. The van der Waals surface area contributed by atoms with Gasteiger partial charge in [0.2, 0.25) is 11.8 Å². The number of amides is 3. The number of anilines is 2. The summed E-state index contributed by atoms with van der Waals surface area (Å²) >= 11 is 3.38. The summed E-state index contributed by atoms with van der Waals surface area (Å²) in [5, 5.41) is 2.85. The van der Waals surface area contributed by atoms with Crippen molar-refractivity contribution in [1.29, 1.82) is 0 Å². The normalized spacial score (nSPS) is 14.2. The second-order valence-electron chi connectivity index (χ2n) is 5.58. The summed E-state index contributed by atoms with van der Waals surface area (Å²) < 4.78 is 0.947. The second kappa shape index (κ2) is 6.57. The van der Waals surface area contributed by atoms with E-state index < -0.39 is 0 Å². The fourth-order valence-corrected chi connectivity index (χ4v) is 3.06. The van der Waals surface area contributed by atoms with Crippen molar-refractivity contribution >= 4 is 45.0 Å². The molecule has 3 amide bonds. The first-order valence-electron chi connectivity index (χ1n) is 7.49. The van der Waals surface area contributed by atoms with Gasteiger partial charge in [0.25, 0.3) is 5.91 Å². The summed E-state index contributed by atoms with van der Waals surface area (Å²) in [4.78, 5) is 37.0. The molecule has 0 aromatic heterocycles. The van der Waals surface area contributed by atoms with Gasteiger partial charge in [-0.15, -0.1) is 0 Å². The molecule has 0 spiro atoms. The van der Waals surface area contributed by atoms with Crippen LogP contribution in [0.2, 0.25) is 0 Å².